The summed E-state index contributed by atoms with van der Waals surface area (Å²) in [6.45, 7) is 0. The molecule has 0 radical (unpaired) electrons. The van der Waals surface area contributed by atoms with Gasteiger partial charge in [0.25, 0.3) is 0 Å². The molecule has 1 aliphatic carbocycles. The van der Waals surface area contributed by atoms with E-state index >= 15 is 0 Å². The Morgan fingerprint density at radius 1 is 1.00 bits per heavy atom. The molecule has 0 aromatic heterocycles. The van der Waals surface area contributed by atoms with E-state index in [1.54, 1.807) is 12.1 Å². The molecule has 0 aliphatic heterocycles. The third-order valence-corrected chi connectivity index (χ3v) is 4.13. The monoisotopic (exact) mass is 334 g/mol. The molecule has 2 aromatic rings. The Labute approximate surface area is 140 Å². The van der Waals surface area contributed by atoms with Crippen molar-refractivity contribution in [3.05, 3.63) is 58.6 Å². The summed E-state index contributed by atoms with van der Waals surface area (Å²) in [5, 5.41) is 27.5. The summed E-state index contributed by atoms with van der Waals surface area (Å²) in [4.78, 5) is 10.2. The lowest BCUT2D eigenvalue weighted by molar-refractivity contribution is 0.0697. The van der Waals surface area contributed by atoms with Gasteiger partial charge in [-0.2, -0.15) is 0 Å². The lowest BCUT2D eigenvalue weighted by atomic mass is 9.97. The summed E-state index contributed by atoms with van der Waals surface area (Å²) < 4.78 is 0. The van der Waals surface area contributed by atoms with Crippen LogP contribution < -0.4 is 0 Å². The highest BCUT2D eigenvalue weighted by molar-refractivity contribution is 6.30. The fraction of sp³-hybridized carbons (Fsp3) is 0.278. The maximum Gasteiger partial charge on any atom is 0.335 e. The summed E-state index contributed by atoms with van der Waals surface area (Å²) in [6.07, 6.45) is 4.93. The van der Waals surface area contributed by atoms with E-state index in [-0.39, 0.29) is 11.3 Å². The molecule has 2 aromatic carbocycles. The average molecular weight is 335 g/mol. The first-order valence-electron chi connectivity index (χ1n) is 7.48. The van der Waals surface area contributed by atoms with Crippen LogP contribution in [0.1, 0.15) is 47.5 Å². The topological polar surface area (TPSA) is 77.8 Å². The fourth-order valence-electron chi connectivity index (χ4n) is 2.69. The highest BCUT2D eigenvalue weighted by Gasteiger charge is 2.19. The molecule has 1 fully saturated rings. The minimum absolute atomic E-state index is 0.0741. The van der Waals surface area contributed by atoms with E-state index in [0.29, 0.717) is 11.7 Å². The Kier molecular flexibility index (Phi) is 5.88. The normalized spacial score (nSPS) is 14.1. The summed E-state index contributed by atoms with van der Waals surface area (Å²) in [5.41, 5.74) is 1.21. The summed E-state index contributed by atoms with van der Waals surface area (Å²) >= 11 is 5.88. The zero-order chi connectivity index (χ0) is 16.8. The second-order valence-electron chi connectivity index (χ2n) is 5.54. The maximum atomic E-state index is 10.2. The van der Waals surface area contributed by atoms with Crippen LogP contribution in [0, 0.1) is 0 Å². The molecule has 3 N–H and O–H groups in total. The Morgan fingerprint density at radius 3 is 2.17 bits per heavy atom. The van der Waals surface area contributed by atoms with Gasteiger partial charge < -0.3 is 15.3 Å². The molecule has 0 heterocycles. The van der Waals surface area contributed by atoms with Crippen LogP contribution >= 0.6 is 11.6 Å². The van der Waals surface area contributed by atoms with Gasteiger partial charge in [0.15, 0.2) is 0 Å². The number of aromatic carboxylic acids is 1. The van der Waals surface area contributed by atoms with Crippen LogP contribution in [0.25, 0.3) is 0 Å². The van der Waals surface area contributed by atoms with Gasteiger partial charge in [-0.1, -0.05) is 24.4 Å². The van der Waals surface area contributed by atoms with Crippen molar-refractivity contribution >= 4 is 17.6 Å². The number of phenols is 2. The Balaban J connectivity index is 0.000000174. The Hall–Kier alpha value is -2.20. The van der Waals surface area contributed by atoms with Gasteiger partial charge in [-0.25, -0.2) is 4.79 Å². The SMILES string of the molecule is O=C(O)c1ccc(O)cc1.Oc1ccc(Cl)cc1C1CCCC1. The number of phenolic OH excluding ortho intramolecular Hbond substituents is 2. The summed E-state index contributed by atoms with van der Waals surface area (Å²) in [5.74, 6) is 0.0139. The number of halogens is 1. The molecule has 1 saturated carbocycles. The van der Waals surface area contributed by atoms with Crippen molar-refractivity contribution in [2.24, 2.45) is 0 Å². The van der Waals surface area contributed by atoms with Crippen LogP contribution in [0.4, 0.5) is 0 Å². The summed E-state index contributed by atoms with van der Waals surface area (Å²) in [6, 6.07) is 10.7. The summed E-state index contributed by atoms with van der Waals surface area (Å²) in [7, 11) is 0. The Morgan fingerprint density at radius 2 is 1.61 bits per heavy atom. The van der Waals surface area contributed by atoms with Crippen LogP contribution in [-0.2, 0) is 0 Å². The number of carboxylic acids is 1. The standard InChI is InChI=1S/C11H13ClO.C7H6O3/c12-9-5-6-11(13)10(7-9)8-3-1-2-4-8;8-6-3-1-5(2-4-6)7(9)10/h5-8,13H,1-4H2;1-4,8H,(H,9,10). The van der Waals surface area contributed by atoms with Gasteiger partial charge in [-0.15, -0.1) is 0 Å². The first-order chi connectivity index (χ1) is 11.0. The molecule has 3 rings (SSSR count). The molecule has 0 bridgehead atoms. The van der Waals surface area contributed by atoms with E-state index in [9.17, 15) is 9.90 Å². The van der Waals surface area contributed by atoms with Crippen LogP contribution in [-0.4, -0.2) is 21.3 Å². The van der Waals surface area contributed by atoms with Crippen molar-refractivity contribution in [1.29, 1.82) is 0 Å². The fourth-order valence-corrected chi connectivity index (χ4v) is 2.87. The number of benzene rings is 2. The zero-order valence-corrected chi connectivity index (χ0v) is 13.3. The van der Waals surface area contributed by atoms with Crippen LogP contribution in [0.3, 0.4) is 0 Å². The number of hydrogen-bond acceptors (Lipinski definition) is 3. The van der Waals surface area contributed by atoms with E-state index in [1.165, 1.54) is 49.9 Å². The van der Waals surface area contributed by atoms with E-state index in [4.69, 9.17) is 21.8 Å². The smallest absolute Gasteiger partial charge is 0.335 e. The lowest BCUT2D eigenvalue weighted by Gasteiger charge is -2.11. The van der Waals surface area contributed by atoms with Crippen molar-refractivity contribution in [2.45, 2.75) is 31.6 Å². The molecule has 122 valence electrons. The first kappa shape index (κ1) is 17.2. The van der Waals surface area contributed by atoms with E-state index in [2.05, 4.69) is 0 Å². The van der Waals surface area contributed by atoms with Crippen molar-refractivity contribution in [3.8, 4) is 11.5 Å². The van der Waals surface area contributed by atoms with Gasteiger partial charge in [-0.05, 0) is 66.8 Å². The second kappa shape index (κ2) is 7.88. The van der Waals surface area contributed by atoms with Crippen molar-refractivity contribution in [1.82, 2.24) is 0 Å². The van der Waals surface area contributed by atoms with Crippen molar-refractivity contribution in [2.75, 3.05) is 0 Å². The molecule has 0 spiro atoms. The van der Waals surface area contributed by atoms with Gasteiger partial charge in [0, 0.05) is 5.02 Å². The van der Waals surface area contributed by atoms with Crippen LogP contribution in [0.2, 0.25) is 5.02 Å². The molecule has 5 heteroatoms. The predicted octanol–water partition coefficient (Wildman–Crippen LogP) is 4.79. The lowest BCUT2D eigenvalue weighted by Crippen LogP contribution is -1.93. The zero-order valence-electron chi connectivity index (χ0n) is 12.6. The first-order valence-corrected chi connectivity index (χ1v) is 7.86. The quantitative estimate of drug-likeness (QED) is 0.737. The number of carbonyl (C=O) groups is 1. The highest BCUT2D eigenvalue weighted by atomic mass is 35.5. The number of carboxylic acid groups (broad SMARTS) is 1. The predicted molar refractivity (Wildman–Crippen MR) is 89.4 cm³/mol. The minimum atomic E-state index is -0.986. The third kappa shape index (κ3) is 4.89. The maximum absolute atomic E-state index is 10.2. The highest BCUT2D eigenvalue weighted by Crippen LogP contribution is 2.39. The van der Waals surface area contributed by atoms with Gasteiger partial charge in [0.05, 0.1) is 5.56 Å². The molecule has 23 heavy (non-hydrogen) atoms. The molecular formula is C18H19ClO4. The van der Waals surface area contributed by atoms with E-state index < -0.39 is 5.97 Å². The van der Waals surface area contributed by atoms with Crippen LogP contribution in [0.5, 0.6) is 11.5 Å². The molecular weight excluding hydrogens is 316 g/mol. The average Bonchev–Trinajstić information content (AvgIpc) is 3.05. The van der Waals surface area contributed by atoms with Crippen molar-refractivity contribution < 1.29 is 20.1 Å². The van der Waals surface area contributed by atoms with Gasteiger partial charge >= 0.3 is 5.97 Å². The molecule has 0 atom stereocenters. The largest absolute Gasteiger partial charge is 0.508 e. The molecule has 0 saturated heterocycles. The minimum Gasteiger partial charge on any atom is -0.508 e. The Bertz CT molecular complexity index is 661. The number of hydrogen-bond donors (Lipinski definition) is 3. The van der Waals surface area contributed by atoms with Gasteiger partial charge in [0.2, 0.25) is 0 Å². The van der Waals surface area contributed by atoms with Gasteiger partial charge in [0.1, 0.15) is 11.5 Å². The van der Waals surface area contributed by atoms with Crippen molar-refractivity contribution in [3.63, 3.8) is 0 Å². The molecule has 0 amide bonds. The van der Waals surface area contributed by atoms with E-state index in [1.807, 2.05) is 6.07 Å². The van der Waals surface area contributed by atoms with Gasteiger partial charge in [-0.3, -0.25) is 0 Å². The van der Waals surface area contributed by atoms with E-state index in [0.717, 1.165) is 10.6 Å². The second-order valence-corrected chi connectivity index (χ2v) is 5.97. The number of aromatic hydroxyl groups is 2. The molecule has 4 nitrogen and oxygen atoms in total. The molecule has 0 unspecified atom stereocenters. The third-order valence-electron chi connectivity index (χ3n) is 3.90. The number of rotatable bonds is 2. The van der Waals surface area contributed by atoms with Crippen LogP contribution in [0.15, 0.2) is 42.5 Å². The molecule has 1 aliphatic rings.